The zero-order valence-corrected chi connectivity index (χ0v) is 23.0. The molecule has 5 aliphatic rings. The molecule has 1 N–H and O–H groups in total. The van der Waals surface area contributed by atoms with Crippen molar-refractivity contribution in [3.8, 4) is 11.5 Å². The monoisotopic (exact) mass is 532 g/mol. The number of anilines is 1. The number of ether oxygens (including phenoxy) is 3. The molecule has 5 fully saturated rings. The maximum absolute atomic E-state index is 12.9. The Hall–Kier alpha value is -3.06. The van der Waals surface area contributed by atoms with E-state index < -0.39 is 5.97 Å². The Morgan fingerprint density at radius 2 is 1.59 bits per heavy atom. The van der Waals surface area contributed by atoms with Crippen LogP contribution in [0.5, 0.6) is 11.5 Å². The van der Waals surface area contributed by atoms with Crippen molar-refractivity contribution in [1.29, 1.82) is 0 Å². The number of carbonyl (C=O) groups excluding carboxylic acids is 2. The molecule has 39 heavy (non-hydrogen) atoms. The average molecular weight is 533 g/mol. The van der Waals surface area contributed by atoms with E-state index in [1.54, 1.807) is 18.2 Å². The molecule has 1 heterocycles. The Bertz CT molecular complexity index is 1150. The van der Waals surface area contributed by atoms with Crippen molar-refractivity contribution in [2.75, 3.05) is 45.3 Å². The Morgan fingerprint density at radius 3 is 2.23 bits per heavy atom. The van der Waals surface area contributed by atoms with Gasteiger partial charge in [-0.3, -0.25) is 9.69 Å². The van der Waals surface area contributed by atoms with Crippen LogP contribution < -0.4 is 14.8 Å². The first-order valence-corrected chi connectivity index (χ1v) is 14.6. The predicted octanol–water partition coefficient (Wildman–Crippen LogP) is 5.43. The van der Waals surface area contributed by atoms with Gasteiger partial charge in [-0.25, -0.2) is 4.79 Å². The minimum atomic E-state index is -0.468. The van der Waals surface area contributed by atoms with E-state index in [-0.39, 0.29) is 12.5 Å². The molecule has 4 aliphatic carbocycles. The molecule has 4 bridgehead atoms. The third kappa shape index (κ3) is 5.79. The van der Waals surface area contributed by atoms with Gasteiger partial charge in [-0.05, 0) is 124 Å². The SMILES string of the molecule is COC(=O)c1ccc(OCCN2CCCC2)c(NC(=O)COc2ccc(C34CC5CC(CC(C5)C3)C4)cc2)c1. The molecule has 2 aromatic carbocycles. The Labute approximate surface area is 231 Å². The van der Waals surface area contributed by atoms with Crippen LogP contribution in [0.15, 0.2) is 42.5 Å². The lowest BCUT2D eigenvalue weighted by molar-refractivity contribution is -0.118. The van der Waals surface area contributed by atoms with E-state index in [0.717, 1.165) is 37.4 Å². The number of benzene rings is 2. The number of rotatable bonds is 10. The second-order valence-electron chi connectivity index (χ2n) is 12.2. The van der Waals surface area contributed by atoms with Gasteiger partial charge in [-0.15, -0.1) is 0 Å². The van der Waals surface area contributed by atoms with Crippen LogP contribution in [0.1, 0.15) is 67.3 Å². The highest BCUT2D eigenvalue weighted by atomic mass is 16.5. The second kappa shape index (κ2) is 11.2. The van der Waals surface area contributed by atoms with E-state index in [2.05, 4.69) is 22.3 Å². The Balaban J connectivity index is 1.06. The molecule has 208 valence electrons. The number of nitrogens with one attached hydrogen (secondary N) is 1. The summed E-state index contributed by atoms with van der Waals surface area (Å²) in [4.78, 5) is 27.3. The van der Waals surface area contributed by atoms with E-state index >= 15 is 0 Å². The molecule has 0 unspecified atom stereocenters. The molecule has 7 rings (SSSR count). The molecule has 0 spiro atoms. The minimum Gasteiger partial charge on any atom is -0.490 e. The number of hydrogen-bond donors (Lipinski definition) is 1. The highest BCUT2D eigenvalue weighted by molar-refractivity contribution is 5.96. The summed E-state index contributed by atoms with van der Waals surface area (Å²) in [7, 11) is 1.34. The quantitative estimate of drug-likeness (QED) is 0.411. The first kappa shape index (κ1) is 26.2. The first-order chi connectivity index (χ1) is 19.0. The van der Waals surface area contributed by atoms with E-state index in [1.165, 1.54) is 64.0 Å². The van der Waals surface area contributed by atoms with Crippen LogP contribution in [0.4, 0.5) is 5.69 Å². The zero-order valence-electron chi connectivity index (χ0n) is 23.0. The van der Waals surface area contributed by atoms with Crippen LogP contribution in [-0.4, -0.2) is 56.7 Å². The van der Waals surface area contributed by atoms with Gasteiger partial charge in [0.2, 0.25) is 0 Å². The highest BCUT2D eigenvalue weighted by Gasteiger charge is 2.51. The number of esters is 1. The summed E-state index contributed by atoms with van der Waals surface area (Å²) in [5.74, 6) is 3.14. The summed E-state index contributed by atoms with van der Waals surface area (Å²) in [5, 5.41) is 2.87. The zero-order chi connectivity index (χ0) is 26.8. The molecular formula is C32H40N2O5. The van der Waals surface area contributed by atoms with E-state index in [1.807, 2.05) is 12.1 Å². The lowest BCUT2D eigenvalue weighted by Gasteiger charge is -2.57. The van der Waals surface area contributed by atoms with Crippen molar-refractivity contribution >= 4 is 17.6 Å². The summed E-state index contributed by atoms with van der Waals surface area (Å²) < 4.78 is 16.7. The van der Waals surface area contributed by atoms with Crippen molar-refractivity contribution in [1.82, 2.24) is 4.90 Å². The van der Waals surface area contributed by atoms with Gasteiger partial charge in [0.15, 0.2) is 6.61 Å². The predicted molar refractivity (Wildman–Crippen MR) is 149 cm³/mol. The fourth-order valence-corrected chi connectivity index (χ4v) is 7.99. The molecule has 1 amide bonds. The second-order valence-corrected chi connectivity index (χ2v) is 12.2. The van der Waals surface area contributed by atoms with E-state index in [0.29, 0.717) is 34.8 Å². The van der Waals surface area contributed by atoms with Gasteiger partial charge < -0.3 is 19.5 Å². The third-order valence-electron chi connectivity index (χ3n) is 9.41. The Morgan fingerprint density at radius 1 is 0.923 bits per heavy atom. The summed E-state index contributed by atoms with van der Waals surface area (Å²) in [6.07, 6.45) is 10.7. The van der Waals surface area contributed by atoms with Crippen LogP contribution >= 0.6 is 0 Å². The molecule has 1 aliphatic heterocycles. The number of likely N-dealkylation sites (tertiary alicyclic amines) is 1. The average Bonchev–Trinajstić information content (AvgIpc) is 3.45. The molecule has 2 aromatic rings. The normalized spacial score (nSPS) is 27.4. The maximum atomic E-state index is 12.9. The van der Waals surface area contributed by atoms with Gasteiger partial charge in [0, 0.05) is 6.54 Å². The van der Waals surface area contributed by atoms with Crippen molar-refractivity contribution in [3.63, 3.8) is 0 Å². The van der Waals surface area contributed by atoms with Gasteiger partial charge in [0.25, 0.3) is 5.91 Å². The van der Waals surface area contributed by atoms with Gasteiger partial charge in [0.05, 0.1) is 18.4 Å². The molecule has 1 saturated heterocycles. The summed E-state index contributed by atoms with van der Waals surface area (Å²) in [5.41, 5.74) is 2.57. The van der Waals surface area contributed by atoms with Crippen molar-refractivity contribution in [3.05, 3.63) is 53.6 Å². The highest BCUT2D eigenvalue weighted by Crippen LogP contribution is 2.60. The minimum absolute atomic E-state index is 0.133. The molecule has 7 nitrogen and oxygen atoms in total. The number of nitrogens with zero attached hydrogens (tertiary/aromatic N) is 1. The largest absolute Gasteiger partial charge is 0.490 e. The van der Waals surface area contributed by atoms with Gasteiger partial charge in [-0.2, -0.15) is 0 Å². The topological polar surface area (TPSA) is 77.1 Å². The standard InChI is InChI=1S/C32H40N2O5/c1-37-31(36)25-4-9-29(38-13-12-34-10-2-3-11-34)28(17-25)33-30(35)21-39-27-7-5-26(6-8-27)32-18-22-14-23(19-32)16-24(15-22)20-32/h4-9,17,22-24H,2-3,10-16,18-21H2,1H3,(H,33,35). The first-order valence-electron chi connectivity index (χ1n) is 14.6. The fraction of sp³-hybridized carbons (Fsp3) is 0.562. The molecular weight excluding hydrogens is 492 g/mol. The summed E-state index contributed by atoms with van der Waals surface area (Å²) in [6, 6.07) is 13.4. The lowest BCUT2D eigenvalue weighted by atomic mass is 9.48. The molecule has 0 radical (unpaired) electrons. The van der Waals surface area contributed by atoms with Crippen LogP contribution in [-0.2, 0) is 14.9 Å². The van der Waals surface area contributed by atoms with Crippen molar-refractivity contribution < 1.29 is 23.8 Å². The molecule has 4 saturated carbocycles. The summed E-state index contributed by atoms with van der Waals surface area (Å²) >= 11 is 0. The number of hydrogen-bond acceptors (Lipinski definition) is 6. The number of amides is 1. The maximum Gasteiger partial charge on any atom is 0.337 e. The van der Waals surface area contributed by atoms with Crippen LogP contribution in [0.2, 0.25) is 0 Å². The van der Waals surface area contributed by atoms with Gasteiger partial charge >= 0.3 is 5.97 Å². The lowest BCUT2D eigenvalue weighted by Crippen LogP contribution is -2.48. The third-order valence-corrected chi connectivity index (χ3v) is 9.41. The molecule has 0 aromatic heterocycles. The van der Waals surface area contributed by atoms with E-state index in [4.69, 9.17) is 14.2 Å². The van der Waals surface area contributed by atoms with Crippen molar-refractivity contribution in [2.24, 2.45) is 17.8 Å². The Kier molecular flexibility index (Phi) is 7.52. The van der Waals surface area contributed by atoms with Crippen LogP contribution in [0.3, 0.4) is 0 Å². The molecule has 7 heteroatoms. The summed E-state index contributed by atoms with van der Waals surface area (Å²) in [6.45, 7) is 3.39. The fourth-order valence-electron chi connectivity index (χ4n) is 7.99. The van der Waals surface area contributed by atoms with Crippen LogP contribution in [0, 0.1) is 17.8 Å². The smallest absolute Gasteiger partial charge is 0.337 e. The number of carbonyl (C=O) groups is 2. The van der Waals surface area contributed by atoms with Crippen LogP contribution in [0.25, 0.3) is 0 Å². The van der Waals surface area contributed by atoms with Gasteiger partial charge in [-0.1, -0.05) is 12.1 Å². The van der Waals surface area contributed by atoms with E-state index in [9.17, 15) is 9.59 Å². The molecule has 0 atom stereocenters. The number of methoxy groups -OCH3 is 1. The van der Waals surface area contributed by atoms with Gasteiger partial charge in [0.1, 0.15) is 18.1 Å². The van der Waals surface area contributed by atoms with Crippen molar-refractivity contribution in [2.45, 2.75) is 56.8 Å².